The van der Waals surface area contributed by atoms with Crippen molar-refractivity contribution in [2.45, 2.75) is 60.8 Å². The molecule has 0 fully saturated rings. The van der Waals surface area contributed by atoms with Crippen molar-refractivity contribution in [1.82, 2.24) is 5.32 Å². The summed E-state index contributed by atoms with van der Waals surface area (Å²) in [5.74, 6) is 0.893. The van der Waals surface area contributed by atoms with Gasteiger partial charge in [-0.05, 0) is 30.3 Å². The summed E-state index contributed by atoms with van der Waals surface area (Å²) in [6.07, 6.45) is 3.75. The van der Waals surface area contributed by atoms with Crippen LogP contribution in [0.15, 0.2) is 0 Å². The highest BCUT2D eigenvalue weighted by Crippen LogP contribution is 2.30. The van der Waals surface area contributed by atoms with Gasteiger partial charge in [0.2, 0.25) is 5.91 Å². The van der Waals surface area contributed by atoms with Gasteiger partial charge in [-0.25, -0.2) is 0 Å². The van der Waals surface area contributed by atoms with E-state index >= 15 is 0 Å². The molecule has 0 saturated carbocycles. The van der Waals surface area contributed by atoms with Crippen LogP contribution in [0.25, 0.3) is 0 Å². The minimum atomic E-state index is 0.189. The maximum Gasteiger partial charge on any atom is 0.220 e. The molecule has 0 saturated heterocycles. The van der Waals surface area contributed by atoms with Crippen molar-refractivity contribution in [3.05, 3.63) is 0 Å². The first-order valence-corrected chi connectivity index (χ1v) is 7.66. The lowest BCUT2D eigenvalue weighted by Gasteiger charge is -2.26. The maximum absolute atomic E-state index is 11.4. The van der Waals surface area contributed by atoms with Crippen LogP contribution >= 0.6 is 9.24 Å². The summed E-state index contributed by atoms with van der Waals surface area (Å²) in [4.78, 5) is 11.4. The standard InChI is InChI=1S/C12H26NOP.C2H6/c1-10(2)9-12(3,4)6-5-11(14)13-7-8-15;1-2/h10H,5-9,15H2,1-4H3,(H,13,14);1-2H3. The zero-order chi connectivity index (χ0) is 13.9. The lowest BCUT2D eigenvalue weighted by atomic mass is 9.80. The zero-order valence-corrected chi connectivity index (χ0v) is 13.8. The molecule has 1 atom stereocenters. The molecule has 1 unspecified atom stereocenters. The third-order valence-electron chi connectivity index (χ3n) is 2.46. The van der Waals surface area contributed by atoms with Crippen molar-refractivity contribution in [3.8, 4) is 0 Å². The van der Waals surface area contributed by atoms with Crippen molar-refractivity contribution in [1.29, 1.82) is 0 Å². The fourth-order valence-corrected chi connectivity index (χ4v) is 2.10. The van der Waals surface area contributed by atoms with E-state index in [-0.39, 0.29) is 11.3 Å². The third-order valence-corrected chi connectivity index (χ3v) is 2.74. The maximum atomic E-state index is 11.4. The lowest BCUT2D eigenvalue weighted by Crippen LogP contribution is -2.27. The van der Waals surface area contributed by atoms with E-state index in [1.54, 1.807) is 0 Å². The Bertz CT molecular complexity index is 191. The summed E-state index contributed by atoms with van der Waals surface area (Å²) < 4.78 is 0. The van der Waals surface area contributed by atoms with E-state index in [9.17, 15) is 4.79 Å². The first-order valence-electron chi connectivity index (χ1n) is 6.84. The number of hydrogen-bond acceptors (Lipinski definition) is 1. The van der Waals surface area contributed by atoms with Gasteiger partial charge in [0.25, 0.3) is 0 Å². The van der Waals surface area contributed by atoms with E-state index in [1.807, 2.05) is 13.8 Å². The number of carbonyl (C=O) groups excluding carboxylic acids is 1. The normalized spacial score (nSPS) is 10.8. The summed E-state index contributed by atoms with van der Waals surface area (Å²) in [7, 11) is 2.61. The lowest BCUT2D eigenvalue weighted by molar-refractivity contribution is -0.121. The number of carbonyl (C=O) groups is 1. The molecule has 0 aromatic carbocycles. The largest absolute Gasteiger partial charge is 0.356 e. The molecule has 0 radical (unpaired) electrons. The fourth-order valence-electron chi connectivity index (χ4n) is 1.96. The van der Waals surface area contributed by atoms with Crippen LogP contribution in [-0.4, -0.2) is 18.6 Å². The smallest absolute Gasteiger partial charge is 0.220 e. The molecule has 104 valence electrons. The predicted molar refractivity (Wildman–Crippen MR) is 81.4 cm³/mol. The number of hydrogen-bond donors (Lipinski definition) is 1. The van der Waals surface area contributed by atoms with E-state index in [2.05, 4.69) is 42.3 Å². The molecule has 2 nitrogen and oxygen atoms in total. The van der Waals surface area contributed by atoms with Crippen molar-refractivity contribution in [2.75, 3.05) is 12.7 Å². The average molecular weight is 261 g/mol. The molecule has 1 N–H and O–H groups in total. The van der Waals surface area contributed by atoms with Gasteiger partial charge >= 0.3 is 0 Å². The molecule has 0 aliphatic carbocycles. The highest BCUT2D eigenvalue weighted by Gasteiger charge is 2.20. The van der Waals surface area contributed by atoms with Crippen LogP contribution in [0.5, 0.6) is 0 Å². The molecule has 0 aromatic heterocycles. The van der Waals surface area contributed by atoms with Crippen molar-refractivity contribution in [3.63, 3.8) is 0 Å². The quantitative estimate of drug-likeness (QED) is 0.693. The van der Waals surface area contributed by atoms with E-state index in [4.69, 9.17) is 0 Å². The molecule has 0 bridgehead atoms. The van der Waals surface area contributed by atoms with Crippen molar-refractivity contribution < 1.29 is 4.79 Å². The van der Waals surface area contributed by atoms with E-state index in [0.29, 0.717) is 12.3 Å². The molecular weight excluding hydrogens is 229 g/mol. The van der Waals surface area contributed by atoms with E-state index in [0.717, 1.165) is 19.1 Å². The molecule has 0 aromatic rings. The second-order valence-electron chi connectivity index (χ2n) is 5.40. The average Bonchev–Trinajstić information content (AvgIpc) is 2.25. The summed E-state index contributed by atoms with van der Waals surface area (Å²) in [5, 5.41) is 2.90. The predicted octanol–water partition coefficient (Wildman–Crippen LogP) is 3.86. The monoisotopic (exact) mass is 261 g/mol. The van der Waals surface area contributed by atoms with Crippen LogP contribution < -0.4 is 5.32 Å². The van der Waals surface area contributed by atoms with E-state index < -0.39 is 0 Å². The van der Waals surface area contributed by atoms with Crippen molar-refractivity contribution >= 4 is 15.1 Å². The Labute approximate surface area is 111 Å². The minimum absolute atomic E-state index is 0.189. The Kier molecular flexibility index (Phi) is 12.5. The van der Waals surface area contributed by atoms with Crippen LogP contribution in [0.2, 0.25) is 0 Å². The van der Waals surface area contributed by atoms with Gasteiger partial charge in [0.1, 0.15) is 0 Å². The highest BCUT2D eigenvalue weighted by atomic mass is 31.0. The molecule has 0 rings (SSSR count). The van der Waals surface area contributed by atoms with Crippen molar-refractivity contribution in [2.24, 2.45) is 11.3 Å². The SMILES string of the molecule is CC.CC(C)CC(C)(C)CCC(=O)NCCP. The van der Waals surface area contributed by atoms with Gasteiger partial charge < -0.3 is 5.32 Å². The van der Waals surface area contributed by atoms with Gasteiger partial charge in [-0.15, -0.1) is 9.24 Å². The summed E-state index contributed by atoms with van der Waals surface area (Å²) in [6, 6.07) is 0. The molecule has 0 aliphatic heterocycles. The topological polar surface area (TPSA) is 29.1 Å². The Morgan fingerprint density at radius 2 is 1.82 bits per heavy atom. The first-order chi connectivity index (χ1) is 7.87. The van der Waals surface area contributed by atoms with Gasteiger partial charge in [0.15, 0.2) is 0 Å². The number of nitrogens with one attached hydrogen (secondary N) is 1. The fraction of sp³-hybridized carbons (Fsp3) is 0.929. The number of amides is 1. The molecular formula is C14H32NOP. The third kappa shape index (κ3) is 13.8. The van der Waals surface area contributed by atoms with Crippen LogP contribution in [0.4, 0.5) is 0 Å². The van der Waals surface area contributed by atoms with Gasteiger partial charge in [-0.2, -0.15) is 0 Å². The highest BCUT2D eigenvalue weighted by molar-refractivity contribution is 7.16. The summed E-state index contributed by atoms with van der Waals surface area (Å²) in [6.45, 7) is 13.7. The molecule has 0 aliphatic rings. The summed E-state index contributed by atoms with van der Waals surface area (Å²) in [5.41, 5.74) is 0.284. The molecule has 0 heterocycles. The van der Waals surface area contributed by atoms with Crippen LogP contribution in [0, 0.1) is 11.3 Å². The minimum Gasteiger partial charge on any atom is -0.356 e. The first kappa shape index (κ1) is 19.2. The van der Waals surface area contributed by atoms with Crippen LogP contribution in [0.3, 0.4) is 0 Å². The Balaban J connectivity index is 0. The van der Waals surface area contributed by atoms with Gasteiger partial charge in [-0.1, -0.05) is 41.5 Å². The zero-order valence-electron chi connectivity index (χ0n) is 12.6. The number of rotatable bonds is 7. The summed E-state index contributed by atoms with van der Waals surface area (Å²) >= 11 is 0. The Morgan fingerprint density at radius 1 is 1.29 bits per heavy atom. The molecule has 3 heteroatoms. The second-order valence-corrected chi connectivity index (χ2v) is 5.98. The Hall–Kier alpha value is -0.100. The van der Waals surface area contributed by atoms with E-state index in [1.165, 1.54) is 6.42 Å². The van der Waals surface area contributed by atoms with Gasteiger partial charge in [0.05, 0.1) is 0 Å². The van der Waals surface area contributed by atoms with Gasteiger partial charge in [0, 0.05) is 13.0 Å². The van der Waals surface area contributed by atoms with Crippen LogP contribution in [-0.2, 0) is 4.79 Å². The van der Waals surface area contributed by atoms with Gasteiger partial charge in [-0.3, -0.25) is 4.79 Å². The molecule has 17 heavy (non-hydrogen) atoms. The van der Waals surface area contributed by atoms with Crippen LogP contribution in [0.1, 0.15) is 60.8 Å². The second kappa shape index (κ2) is 11.0. The molecule has 0 spiro atoms. The Morgan fingerprint density at radius 3 is 2.24 bits per heavy atom. The molecule has 1 amide bonds.